The van der Waals surface area contributed by atoms with Crippen LogP contribution in [0.5, 0.6) is 0 Å². The van der Waals surface area contributed by atoms with Crippen molar-refractivity contribution < 1.29 is 9.53 Å². The summed E-state index contributed by atoms with van der Waals surface area (Å²) in [5.41, 5.74) is 0.584. The van der Waals surface area contributed by atoms with Gasteiger partial charge in [0.15, 0.2) is 0 Å². The number of carbonyl (C=O) groups is 1. The Morgan fingerprint density at radius 2 is 2.21 bits per heavy atom. The van der Waals surface area contributed by atoms with Gasteiger partial charge in [-0.05, 0) is 34.6 Å². The lowest BCUT2D eigenvalue weighted by Crippen LogP contribution is -2.40. The van der Waals surface area contributed by atoms with Crippen molar-refractivity contribution in [3.63, 3.8) is 0 Å². The molecule has 1 atom stereocenters. The van der Waals surface area contributed by atoms with Gasteiger partial charge in [-0.15, -0.1) is 11.3 Å². The number of amides is 1. The molecular weight excluding hydrogens is 262 g/mol. The highest BCUT2D eigenvalue weighted by Crippen LogP contribution is 2.08. The summed E-state index contributed by atoms with van der Waals surface area (Å²) in [5, 5.41) is 9.13. The molecule has 0 aliphatic rings. The van der Waals surface area contributed by atoms with E-state index in [0.29, 0.717) is 6.54 Å². The van der Waals surface area contributed by atoms with Crippen LogP contribution in [0.2, 0.25) is 0 Å². The number of nitrogens with one attached hydrogen (secondary N) is 2. The number of ether oxygens (including phenoxy) is 1. The Labute approximate surface area is 118 Å². The van der Waals surface area contributed by atoms with Crippen molar-refractivity contribution in [1.82, 2.24) is 15.6 Å². The fraction of sp³-hybridized carbons (Fsp3) is 0.692. The van der Waals surface area contributed by atoms with Gasteiger partial charge >= 0.3 is 6.09 Å². The summed E-state index contributed by atoms with van der Waals surface area (Å²) < 4.78 is 5.17. The molecule has 1 unspecified atom stereocenters. The third-order valence-electron chi connectivity index (χ3n) is 2.22. The van der Waals surface area contributed by atoms with Crippen LogP contribution < -0.4 is 10.6 Å². The standard InChI is InChI=1S/C13H23N3O2S/c1-9(6-15-12(17)18-13(3,4)5)14-7-11-16-10(2)8-19-11/h8-9,14H,6-7H2,1-5H3,(H,15,17). The molecule has 1 aromatic rings. The lowest BCUT2D eigenvalue weighted by atomic mass is 10.2. The van der Waals surface area contributed by atoms with Gasteiger partial charge in [-0.2, -0.15) is 0 Å². The predicted molar refractivity (Wildman–Crippen MR) is 77.4 cm³/mol. The van der Waals surface area contributed by atoms with E-state index in [0.717, 1.165) is 17.2 Å². The molecule has 5 nitrogen and oxygen atoms in total. The Bertz CT molecular complexity index is 412. The van der Waals surface area contributed by atoms with Gasteiger partial charge in [0, 0.05) is 30.2 Å². The first-order valence-electron chi connectivity index (χ1n) is 6.37. The molecule has 0 spiro atoms. The summed E-state index contributed by atoms with van der Waals surface area (Å²) >= 11 is 1.64. The fourth-order valence-corrected chi connectivity index (χ4v) is 2.09. The van der Waals surface area contributed by atoms with Crippen LogP contribution in [0.3, 0.4) is 0 Å². The predicted octanol–water partition coefficient (Wildman–Crippen LogP) is 2.45. The molecule has 1 heterocycles. The van der Waals surface area contributed by atoms with Crippen molar-refractivity contribution in [3.8, 4) is 0 Å². The first-order valence-corrected chi connectivity index (χ1v) is 7.25. The summed E-state index contributed by atoms with van der Waals surface area (Å²) in [6, 6.07) is 0.164. The van der Waals surface area contributed by atoms with Crippen LogP contribution in [0, 0.1) is 6.92 Å². The normalized spacial score (nSPS) is 13.1. The number of alkyl carbamates (subject to hydrolysis) is 1. The zero-order valence-corrected chi connectivity index (χ0v) is 13.1. The topological polar surface area (TPSA) is 63.2 Å². The molecule has 0 aliphatic carbocycles. The highest BCUT2D eigenvalue weighted by Gasteiger charge is 2.16. The number of thiazole rings is 1. The lowest BCUT2D eigenvalue weighted by Gasteiger charge is -2.21. The van der Waals surface area contributed by atoms with E-state index < -0.39 is 5.60 Å². The van der Waals surface area contributed by atoms with Gasteiger partial charge < -0.3 is 15.4 Å². The quantitative estimate of drug-likeness (QED) is 0.872. The van der Waals surface area contributed by atoms with Crippen LogP contribution in [0.15, 0.2) is 5.38 Å². The summed E-state index contributed by atoms with van der Waals surface area (Å²) in [7, 11) is 0. The molecule has 19 heavy (non-hydrogen) atoms. The number of aromatic nitrogens is 1. The largest absolute Gasteiger partial charge is 0.444 e. The Morgan fingerprint density at radius 1 is 1.53 bits per heavy atom. The van der Waals surface area contributed by atoms with E-state index in [4.69, 9.17) is 4.74 Å². The van der Waals surface area contributed by atoms with Gasteiger partial charge in [-0.1, -0.05) is 0 Å². The third kappa shape index (κ3) is 7.12. The van der Waals surface area contributed by atoms with E-state index >= 15 is 0 Å². The number of hydrogen-bond donors (Lipinski definition) is 2. The number of rotatable bonds is 5. The summed E-state index contributed by atoms with van der Waals surface area (Å²) in [6.45, 7) is 10.8. The maximum absolute atomic E-state index is 11.5. The van der Waals surface area contributed by atoms with E-state index in [2.05, 4.69) is 15.6 Å². The van der Waals surface area contributed by atoms with E-state index in [9.17, 15) is 4.79 Å². The second-order valence-electron chi connectivity index (χ2n) is 5.55. The van der Waals surface area contributed by atoms with Crippen molar-refractivity contribution in [2.45, 2.75) is 52.8 Å². The SMILES string of the molecule is Cc1csc(CNC(C)CNC(=O)OC(C)(C)C)n1. The maximum atomic E-state index is 11.5. The van der Waals surface area contributed by atoms with Crippen LogP contribution in [-0.2, 0) is 11.3 Å². The minimum absolute atomic E-state index is 0.164. The van der Waals surface area contributed by atoms with Gasteiger partial charge in [0.2, 0.25) is 0 Å². The average Bonchev–Trinajstić information content (AvgIpc) is 2.67. The maximum Gasteiger partial charge on any atom is 0.407 e. The van der Waals surface area contributed by atoms with Gasteiger partial charge in [-0.3, -0.25) is 0 Å². The second kappa shape index (κ2) is 6.86. The molecule has 0 fully saturated rings. The Balaban J connectivity index is 2.21. The van der Waals surface area contributed by atoms with E-state index in [1.165, 1.54) is 0 Å². The highest BCUT2D eigenvalue weighted by molar-refractivity contribution is 7.09. The number of hydrogen-bond acceptors (Lipinski definition) is 5. The molecule has 0 aliphatic heterocycles. The van der Waals surface area contributed by atoms with E-state index in [1.807, 2.05) is 40.0 Å². The molecule has 1 rings (SSSR count). The summed E-state index contributed by atoms with van der Waals surface area (Å²) in [5.74, 6) is 0. The third-order valence-corrected chi connectivity index (χ3v) is 3.19. The Morgan fingerprint density at radius 3 is 2.74 bits per heavy atom. The highest BCUT2D eigenvalue weighted by atomic mass is 32.1. The summed E-state index contributed by atoms with van der Waals surface area (Å²) in [6.07, 6.45) is -0.383. The molecule has 6 heteroatoms. The first kappa shape index (κ1) is 15.9. The lowest BCUT2D eigenvalue weighted by molar-refractivity contribution is 0.0523. The zero-order chi connectivity index (χ0) is 14.5. The smallest absolute Gasteiger partial charge is 0.407 e. The van der Waals surface area contributed by atoms with Crippen LogP contribution in [0.1, 0.15) is 38.4 Å². The van der Waals surface area contributed by atoms with Crippen molar-refractivity contribution in [2.75, 3.05) is 6.54 Å². The minimum atomic E-state index is -0.459. The monoisotopic (exact) mass is 285 g/mol. The molecule has 0 saturated heterocycles. The van der Waals surface area contributed by atoms with Crippen LogP contribution in [0.4, 0.5) is 4.79 Å². The van der Waals surface area contributed by atoms with Gasteiger partial charge in [0.1, 0.15) is 10.6 Å². The molecule has 108 valence electrons. The van der Waals surface area contributed by atoms with E-state index in [1.54, 1.807) is 11.3 Å². The Hall–Kier alpha value is -1.14. The van der Waals surface area contributed by atoms with Gasteiger partial charge in [-0.25, -0.2) is 9.78 Å². The van der Waals surface area contributed by atoms with Crippen molar-refractivity contribution in [1.29, 1.82) is 0 Å². The number of aryl methyl sites for hydroxylation is 1. The Kier molecular flexibility index (Phi) is 5.75. The summed E-state index contributed by atoms with van der Waals surface area (Å²) in [4.78, 5) is 15.8. The zero-order valence-electron chi connectivity index (χ0n) is 12.2. The molecular formula is C13H23N3O2S. The van der Waals surface area contributed by atoms with Crippen LogP contribution >= 0.6 is 11.3 Å². The van der Waals surface area contributed by atoms with Crippen LogP contribution in [0.25, 0.3) is 0 Å². The van der Waals surface area contributed by atoms with Gasteiger partial charge in [0.25, 0.3) is 0 Å². The van der Waals surface area contributed by atoms with Crippen LogP contribution in [-0.4, -0.2) is 29.3 Å². The molecule has 2 N–H and O–H groups in total. The molecule has 0 radical (unpaired) electrons. The van der Waals surface area contributed by atoms with Crippen molar-refractivity contribution in [2.24, 2.45) is 0 Å². The first-order chi connectivity index (χ1) is 8.76. The fourth-order valence-electron chi connectivity index (χ4n) is 1.37. The average molecular weight is 285 g/mol. The number of nitrogens with zero attached hydrogens (tertiary/aromatic N) is 1. The van der Waals surface area contributed by atoms with Crippen molar-refractivity contribution >= 4 is 17.4 Å². The molecule has 0 bridgehead atoms. The molecule has 0 aromatic carbocycles. The van der Waals surface area contributed by atoms with E-state index in [-0.39, 0.29) is 12.1 Å². The van der Waals surface area contributed by atoms with Gasteiger partial charge in [0.05, 0.1) is 0 Å². The molecule has 1 aromatic heterocycles. The molecule has 0 saturated carbocycles. The second-order valence-corrected chi connectivity index (χ2v) is 6.49. The number of carbonyl (C=O) groups excluding carboxylic acids is 1. The minimum Gasteiger partial charge on any atom is -0.444 e. The van der Waals surface area contributed by atoms with Crippen molar-refractivity contribution in [3.05, 3.63) is 16.1 Å². The molecule has 1 amide bonds.